The van der Waals surface area contributed by atoms with Crippen LogP contribution < -0.4 is 10.6 Å². The molecule has 0 aliphatic carbocycles. The number of amidine groups is 1. The van der Waals surface area contributed by atoms with Crippen LogP contribution in [0.25, 0.3) is 5.65 Å². The Hall–Kier alpha value is -2.18. The maximum atomic E-state index is 7.35. The molecule has 1 atom stereocenters. The Morgan fingerprint density at radius 1 is 1.56 bits per heavy atom. The topological polar surface area (TPSA) is 96.2 Å². The Labute approximate surface area is 105 Å². The Bertz CT molecular complexity index is 574. The molecule has 0 amide bonds. The minimum atomic E-state index is 0.0817. The molecule has 0 saturated heterocycles. The smallest absolute Gasteiger partial charge is 0.203 e. The Kier molecular flexibility index (Phi) is 3.14. The number of aromatic nitrogens is 4. The first kappa shape index (κ1) is 12.3. The van der Waals surface area contributed by atoms with E-state index in [0.29, 0.717) is 12.1 Å². The van der Waals surface area contributed by atoms with E-state index >= 15 is 0 Å². The molecule has 2 aromatic rings. The monoisotopic (exact) mass is 247 g/mol. The number of nitrogens with two attached hydrogens (primary N) is 1. The van der Waals surface area contributed by atoms with E-state index < -0.39 is 0 Å². The van der Waals surface area contributed by atoms with Gasteiger partial charge in [-0.2, -0.15) is 0 Å². The van der Waals surface area contributed by atoms with E-state index in [1.165, 1.54) is 0 Å². The summed E-state index contributed by atoms with van der Waals surface area (Å²) >= 11 is 0. The number of aryl methyl sites for hydroxylation is 1. The molecule has 18 heavy (non-hydrogen) atoms. The van der Waals surface area contributed by atoms with Crippen LogP contribution in [0.15, 0.2) is 12.4 Å². The quantitative estimate of drug-likeness (QED) is 0.608. The SMILES string of the molecule is Cc1nnc2c(N(C)C(C)CC(=N)N)nccn12. The molecule has 0 aliphatic heterocycles. The molecule has 1 unspecified atom stereocenters. The van der Waals surface area contributed by atoms with Gasteiger partial charge in [-0.05, 0) is 13.8 Å². The summed E-state index contributed by atoms with van der Waals surface area (Å²) in [5, 5.41) is 15.5. The van der Waals surface area contributed by atoms with E-state index in [1.807, 2.05) is 36.4 Å². The van der Waals surface area contributed by atoms with Crippen molar-refractivity contribution in [3.05, 3.63) is 18.2 Å². The van der Waals surface area contributed by atoms with Crippen molar-refractivity contribution in [2.75, 3.05) is 11.9 Å². The summed E-state index contributed by atoms with van der Waals surface area (Å²) in [4.78, 5) is 6.30. The van der Waals surface area contributed by atoms with E-state index in [4.69, 9.17) is 11.1 Å². The average Bonchev–Trinajstić information content (AvgIpc) is 2.69. The van der Waals surface area contributed by atoms with Gasteiger partial charge < -0.3 is 10.6 Å². The standard InChI is InChI=1S/C11H17N7/c1-7(6-9(12)13)17(3)10-11-16-15-8(2)18(11)5-4-14-10/h4-5,7H,6H2,1-3H3,(H3,12,13). The molecule has 0 radical (unpaired) electrons. The Morgan fingerprint density at radius 2 is 2.28 bits per heavy atom. The van der Waals surface area contributed by atoms with Gasteiger partial charge in [0, 0.05) is 31.9 Å². The third-order valence-corrected chi connectivity index (χ3v) is 2.99. The molecule has 7 nitrogen and oxygen atoms in total. The summed E-state index contributed by atoms with van der Waals surface area (Å²) < 4.78 is 1.89. The number of nitrogens with one attached hydrogen (secondary N) is 1. The fourth-order valence-corrected chi connectivity index (χ4v) is 1.84. The molecule has 96 valence electrons. The summed E-state index contributed by atoms with van der Waals surface area (Å²) in [5.41, 5.74) is 6.14. The summed E-state index contributed by atoms with van der Waals surface area (Å²) in [5.74, 6) is 1.73. The fraction of sp³-hybridized carbons (Fsp3) is 0.455. The molecule has 0 saturated carbocycles. The van der Waals surface area contributed by atoms with Gasteiger partial charge in [-0.1, -0.05) is 0 Å². The van der Waals surface area contributed by atoms with Crippen LogP contribution in [0.1, 0.15) is 19.2 Å². The minimum absolute atomic E-state index is 0.0817. The lowest BCUT2D eigenvalue weighted by molar-refractivity contribution is 0.699. The first-order valence-electron chi connectivity index (χ1n) is 5.72. The predicted molar refractivity (Wildman–Crippen MR) is 69.9 cm³/mol. The minimum Gasteiger partial charge on any atom is -0.388 e. The first-order valence-corrected chi connectivity index (χ1v) is 5.72. The second-order valence-corrected chi connectivity index (χ2v) is 4.38. The first-order chi connectivity index (χ1) is 8.50. The molecular weight excluding hydrogens is 230 g/mol. The van der Waals surface area contributed by atoms with Crippen LogP contribution in [0.3, 0.4) is 0 Å². The van der Waals surface area contributed by atoms with E-state index in [0.717, 1.165) is 11.6 Å². The molecule has 2 rings (SSSR count). The van der Waals surface area contributed by atoms with Crippen molar-refractivity contribution in [2.45, 2.75) is 26.3 Å². The van der Waals surface area contributed by atoms with Gasteiger partial charge in [0.05, 0.1) is 5.84 Å². The van der Waals surface area contributed by atoms with Crippen molar-refractivity contribution in [3.8, 4) is 0 Å². The van der Waals surface area contributed by atoms with E-state index in [2.05, 4.69) is 15.2 Å². The maximum absolute atomic E-state index is 7.35. The lowest BCUT2D eigenvalue weighted by Crippen LogP contribution is -2.33. The molecule has 2 aromatic heterocycles. The van der Waals surface area contributed by atoms with Crippen molar-refractivity contribution >= 4 is 17.3 Å². The second kappa shape index (κ2) is 4.59. The van der Waals surface area contributed by atoms with Crippen LogP contribution in [0, 0.1) is 12.3 Å². The molecule has 0 bridgehead atoms. The van der Waals surface area contributed by atoms with Gasteiger partial charge in [0.1, 0.15) is 5.82 Å². The summed E-state index contributed by atoms with van der Waals surface area (Å²) in [6, 6.07) is 0.0817. The Morgan fingerprint density at radius 3 is 2.94 bits per heavy atom. The average molecular weight is 247 g/mol. The number of rotatable bonds is 4. The van der Waals surface area contributed by atoms with Gasteiger partial charge in [0.15, 0.2) is 5.82 Å². The van der Waals surface area contributed by atoms with Gasteiger partial charge in [0.2, 0.25) is 5.65 Å². The largest absolute Gasteiger partial charge is 0.388 e. The zero-order valence-corrected chi connectivity index (χ0v) is 10.8. The van der Waals surface area contributed by atoms with Crippen LogP contribution in [0.5, 0.6) is 0 Å². The van der Waals surface area contributed by atoms with Crippen LogP contribution >= 0.6 is 0 Å². The van der Waals surface area contributed by atoms with Crippen LogP contribution in [-0.4, -0.2) is 38.5 Å². The van der Waals surface area contributed by atoms with Crippen LogP contribution in [0.4, 0.5) is 5.82 Å². The second-order valence-electron chi connectivity index (χ2n) is 4.38. The van der Waals surface area contributed by atoms with E-state index in [-0.39, 0.29) is 11.9 Å². The lowest BCUT2D eigenvalue weighted by Gasteiger charge is -2.25. The predicted octanol–water partition coefficient (Wildman–Crippen LogP) is 0.583. The number of hydrogen-bond donors (Lipinski definition) is 2. The van der Waals surface area contributed by atoms with Crippen LogP contribution in [0.2, 0.25) is 0 Å². The highest BCUT2D eigenvalue weighted by Gasteiger charge is 2.17. The van der Waals surface area contributed by atoms with Gasteiger partial charge in [-0.3, -0.25) is 9.81 Å². The van der Waals surface area contributed by atoms with Crippen molar-refractivity contribution < 1.29 is 0 Å². The lowest BCUT2D eigenvalue weighted by atomic mass is 10.2. The Balaban J connectivity index is 2.38. The third kappa shape index (κ3) is 2.11. The number of hydrogen-bond acceptors (Lipinski definition) is 5. The molecule has 0 spiro atoms. The van der Waals surface area contributed by atoms with Crippen molar-refractivity contribution in [1.29, 1.82) is 5.41 Å². The van der Waals surface area contributed by atoms with E-state index in [1.54, 1.807) is 6.20 Å². The highest BCUT2D eigenvalue weighted by Crippen LogP contribution is 2.19. The van der Waals surface area contributed by atoms with Gasteiger partial charge in [-0.15, -0.1) is 10.2 Å². The zero-order chi connectivity index (χ0) is 13.3. The van der Waals surface area contributed by atoms with Crippen LogP contribution in [-0.2, 0) is 0 Å². The zero-order valence-electron chi connectivity index (χ0n) is 10.8. The molecule has 0 aliphatic rings. The highest BCUT2D eigenvalue weighted by atomic mass is 15.3. The summed E-state index contributed by atoms with van der Waals surface area (Å²) in [6.45, 7) is 3.89. The van der Waals surface area contributed by atoms with E-state index in [9.17, 15) is 0 Å². The highest BCUT2D eigenvalue weighted by molar-refractivity contribution is 5.78. The third-order valence-electron chi connectivity index (χ3n) is 2.99. The molecule has 3 N–H and O–H groups in total. The van der Waals surface area contributed by atoms with Crippen molar-refractivity contribution in [1.82, 2.24) is 19.6 Å². The molecular formula is C11H17N7. The number of fused-ring (bicyclic) bond motifs is 1. The van der Waals surface area contributed by atoms with Gasteiger partial charge in [0.25, 0.3) is 0 Å². The van der Waals surface area contributed by atoms with Gasteiger partial charge >= 0.3 is 0 Å². The molecule has 7 heteroatoms. The molecule has 2 heterocycles. The fourth-order valence-electron chi connectivity index (χ4n) is 1.84. The van der Waals surface area contributed by atoms with Crippen molar-refractivity contribution in [2.24, 2.45) is 5.73 Å². The molecule has 0 aromatic carbocycles. The van der Waals surface area contributed by atoms with Gasteiger partial charge in [-0.25, -0.2) is 4.98 Å². The summed E-state index contributed by atoms with van der Waals surface area (Å²) in [6.07, 6.45) is 4.04. The number of nitrogens with zero attached hydrogens (tertiary/aromatic N) is 5. The summed E-state index contributed by atoms with van der Waals surface area (Å²) in [7, 11) is 1.92. The molecule has 0 fully saturated rings. The van der Waals surface area contributed by atoms with Crippen molar-refractivity contribution in [3.63, 3.8) is 0 Å². The number of anilines is 1. The maximum Gasteiger partial charge on any atom is 0.203 e. The normalized spacial score (nSPS) is 12.6.